The Morgan fingerprint density at radius 3 is 2.54 bits per heavy atom. The Morgan fingerprint density at radius 1 is 1.06 bits per heavy atom. The van der Waals surface area contributed by atoms with Gasteiger partial charge in [-0.05, 0) is 61.9 Å². The summed E-state index contributed by atoms with van der Waals surface area (Å²) in [6.07, 6.45) is 10.4. The van der Waals surface area contributed by atoms with Crippen LogP contribution in [0.5, 0.6) is 6.01 Å². The lowest BCUT2D eigenvalue weighted by Crippen LogP contribution is -2.55. The molecule has 3 aliphatic rings. The first-order chi connectivity index (χ1) is 23.3. The fourth-order valence-corrected chi connectivity index (χ4v) is 7.23. The molecule has 0 N–H and O–H groups in total. The SMILES string of the molecule is C#Cc1cccc2cccc(-c3ccc4c(N5CCN(C(=O)C(=C)F)[C@@H](CC#N)C5)nc(OCC5(CN6CCCC6)CC5)nc4c3F)c12. The second-order valence-corrected chi connectivity index (χ2v) is 13.1. The Kier molecular flexibility index (Phi) is 8.45. The molecule has 0 bridgehead atoms. The van der Waals surface area contributed by atoms with Crippen molar-refractivity contribution in [1.82, 2.24) is 19.8 Å². The van der Waals surface area contributed by atoms with E-state index in [2.05, 4.69) is 28.5 Å². The number of ether oxygens (including phenoxy) is 1. The minimum atomic E-state index is -1.08. The maximum atomic E-state index is 16.9. The largest absolute Gasteiger partial charge is 0.463 e. The molecule has 48 heavy (non-hydrogen) atoms. The molecule has 1 aromatic heterocycles. The highest BCUT2D eigenvalue weighted by atomic mass is 19.1. The number of aromatic nitrogens is 2. The smallest absolute Gasteiger partial charge is 0.319 e. The zero-order valence-corrected chi connectivity index (χ0v) is 26.7. The predicted octanol–water partition coefficient (Wildman–Crippen LogP) is 6.24. The number of hydrogen-bond acceptors (Lipinski definition) is 7. The second-order valence-electron chi connectivity index (χ2n) is 13.1. The maximum Gasteiger partial charge on any atom is 0.319 e. The molecular formula is C38H36F2N6O2. The number of amides is 1. The van der Waals surface area contributed by atoms with Gasteiger partial charge in [-0.15, -0.1) is 6.42 Å². The van der Waals surface area contributed by atoms with Crippen LogP contribution in [0.3, 0.4) is 0 Å². The highest BCUT2D eigenvalue weighted by Crippen LogP contribution is 2.47. The number of carbonyl (C=O) groups is 1. The third-order valence-electron chi connectivity index (χ3n) is 9.94. The molecule has 3 aromatic carbocycles. The first-order valence-corrected chi connectivity index (χ1v) is 16.4. The summed E-state index contributed by atoms with van der Waals surface area (Å²) in [4.78, 5) is 27.8. The fraction of sp³-hybridized carbons (Fsp3) is 0.368. The number of benzene rings is 3. The van der Waals surface area contributed by atoms with Crippen molar-refractivity contribution in [3.05, 3.63) is 72.3 Å². The molecule has 1 amide bonds. The van der Waals surface area contributed by atoms with Crippen LogP contribution in [0.4, 0.5) is 14.6 Å². The number of nitriles is 1. The Bertz CT molecular complexity index is 2000. The Hall–Kier alpha value is -5.06. The summed E-state index contributed by atoms with van der Waals surface area (Å²) < 4.78 is 37.1. The van der Waals surface area contributed by atoms with Crippen LogP contribution >= 0.6 is 0 Å². The van der Waals surface area contributed by atoms with E-state index in [9.17, 15) is 14.4 Å². The average Bonchev–Trinajstić information content (AvgIpc) is 3.67. The molecule has 1 atom stereocenters. The molecule has 0 spiro atoms. The lowest BCUT2D eigenvalue weighted by Gasteiger charge is -2.41. The van der Waals surface area contributed by atoms with Gasteiger partial charge in [0.2, 0.25) is 0 Å². The number of anilines is 1. The van der Waals surface area contributed by atoms with Gasteiger partial charge in [-0.25, -0.2) is 8.78 Å². The zero-order chi connectivity index (χ0) is 33.4. The molecule has 3 heterocycles. The molecule has 2 aliphatic heterocycles. The van der Waals surface area contributed by atoms with Crippen molar-refractivity contribution in [2.45, 2.75) is 38.1 Å². The number of hydrogen-bond donors (Lipinski definition) is 0. The highest BCUT2D eigenvalue weighted by Gasteiger charge is 2.45. The topological polar surface area (TPSA) is 85.6 Å². The van der Waals surface area contributed by atoms with Crippen LogP contribution < -0.4 is 9.64 Å². The number of fused-ring (bicyclic) bond motifs is 2. The monoisotopic (exact) mass is 646 g/mol. The van der Waals surface area contributed by atoms with Gasteiger partial charge in [-0.3, -0.25) is 4.79 Å². The minimum Gasteiger partial charge on any atom is -0.463 e. The van der Waals surface area contributed by atoms with E-state index in [4.69, 9.17) is 16.1 Å². The van der Waals surface area contributed by atoms with E-state index in [-0.39, 0.29) is 43.0 Å². The molecule has 0 radical (unpaired) electrons. The van der Waals surface area contributed by atoms with Gasteiger partial charge >= 0.3 is 6.01 Å². The number of nitrogens with zero attached hydrogens (tertiary/aromatic N) is 6. The summed E-state index contributed by atoms with van der Waals surface area (Å²) in [6, 6.07) is 16.4. The summed E-state index contributed by atoms with van der Waals surface area (Å²) >= 11 is 0. The van der Waals surface area contributed by atoms with Gasteiger partial charge in [0.05, 0.1) is 25.1 Å². The maximum absolute atomic E-state index is 16.9. The highest BCUT2D eigenvalue weighted by molar-refractivity contribution is 6.03. The van der Waals surface area contributed by atoms with Gasteiger partial charge in [-0.1, -0.05) is 48.9 Å². The molecule has 244 valence electrons. The predicted molar refractivity (Wildman–Crippen MR) is 181 cm³/mol. The summed E-state index contributed by atoms with van der Waals surface area (Å²) in [5.74, 6) is 0.722. The normalized spacial score (nSPS) is 18.9. The molecular weight excluding hydrogens is 610 g/mol. The van der Waals surface area contributed by atoms with E-state index in [1.54, 1.807) is 12.1 Å². The van der Waals surface area contributed by atoms with Crippen LogP contribution in [0.2, 0.25) is 0 Å². The average molecular weight is 647 g/mol. The van der Waals surface area contributed by atoms with Crippen molar-refractivity contribution in [3.8, 4) is 35.6 Å². The lowest BCUT2D eigenvalue weighted by molar-refractivity contribution is -0.131. The molecule has 1 saturated carbocycles. The molecule has 10 heteroatoms. The van der Waals surface area contributed by atoms with E-state index in [0.29, 0.717) is 34.5 Å². The van der Waals surface area contributed by atoms with E-state index in [0.717, 1.165) is 43.2 Å². The van der Waals surface area contributed by atoms with Crippen LogP contribution in [0, 0.1) is 34.9 Å². The van der Waals surface area contributed by atoms with Crippen LogP contribution in [0.1, 0.15) is 37.7 Å². The van der Waals surface area contributed by atoms with Crippen molar-refractivity contribution in [1.29, 1.82) is 5.26 Å². The summed E-state index contributed by atoms with van der Waals surface area (Å²) in [5, 5.41) is 11.7. The van der Waals surface area contributed by atoms with Crippen molar-refractivity contribution in [3.63, 3.8) is 0 Å². The molecule has 0 unspecified atom stereocenters. The number of terminal acetylenes is 1. The Morgan fingerprint density at radius 2 is 1.83 bits per heavy atom. The Labute approximate surface area is 278 Å². The third kappa shape index (κ3) is 5.93. The van der Waals surface area contributed by atoms with E-state index < -0.39 is 23.6 Å². The summed E-state index contributed by atoms with van der Waals surface area (Å²) in [7, 11) is 0. The van der Waals surface area contributed by atoms with Crippen LogP contribution in [0.15, 0.2) is 60.9 Å². The molecule has 3 fully saturated rings. The van der Waals surface area contributed by atoms with Gasteiger partial charge in [0.1, 0.15) is 11.3 Å². The molecule has 7 rings (SSSR count). The number of likely N-dealkylation sites (tertiary alicyclic amines) is 1. The van der Waals surface area contributed by atoms with Gasteiger partial charge in [0.25, 0.3) is 5.91 Å². The van der Waals surface area contributed by atoms with Crippen LogP contribution in [-0.4, -0.2) is 77.6 Å². The second kappa shape index (κ2) is 12.9. The van der Waals surface area contributed by atoms with Crippen molar-refractivity contribution in [2.24, 2.45) is 5.41 Å². The first kappa shape index (κ1) is 31.5. The fourth-order valence-electron chi connectivity index (χ4n) is 7.23. The van der Waals surface area contributed by atoms with Crippen molar-refractivity contribution in [2.75, 3.05) is 50.8 Å². The van der Waals surface area contributed by atoms with Crippen molar-refractivity contribution < 1.29 is 18.3 Å². The molecule has 1 aliphatic carbocycles. The third-order valence-corrected chi connectivity index (χ3v) is 9.94. The van der Waals surface area contributed by atoms with Crippen molar-refractivity contribution >= 4 is 33.4 Å². The number of carbonyl (C=O) groups excluding carboxylic acids is 1. The number of piperazine rings is 1. The quantitative estimate of drug-likeness (QED) is 0.157. The van der Waals surface area contributed by atoms with Gasteiger partial charge in [-0.2, -0.15) is 15.2 Å². The summed E-state index contributed by atoms with van der Waals surface area (Å²) in [5.41, 5.74) is 1.78. The number of rotatable bonds is 9. The standard InChI is InChI=1S/C38H36F2N6O2/c1-3-26-8-6-9-27-10-7-11-29(32(26)27)30-12-13-31-34(33(30)40)42-37(48-24-38(15-16-38)23-44-18-4-5-19-44)43-35(31)45-20-21-46(36(47)25(2)39)28(22-45)14-17-41/h1,6-13,28H,2,4-5,14-16,18-24H2/t28-/m0/s1. The first-order valence-electron chi connectivity index (χ1n) is 16.4. The molecule has 8 nitrogen and oxygen atoms in total. The summed E-state index contributed by atoms with van der Waals surface area (Å²) in [6.45, 7) is 7.33. The van der Waals surface area contributed by atoms with E-state index in [1.807, 2.05) is 41.3 Å². The van der Waals surface area contributed by atoms with E-state index >= 15 is 4.39 Å². The molecule has 4 aromatic rings. The lowest BCUT2D eigenvalue weighted by atomic mass is 9.94. The van der Waals surface area contributed by atoms with E-state index in [1.165, 1.54) is 17.7 Å². The van der Waals surface area contributed by atoms with Gasteiger partial charge in [0.15, 0.2) is 11.6 Å². The minimum absolute atomic E-state index is 0.0159. The molecule has 2 saturated heterocycles. The van der Waals surface area contributed by atoms with Gasteiger partial charge < -0.3 is 19.4 Å². The van der Waals surface area contributed by atoms with Gasteiger partial charge in [0, 0.05) is 53.5 Å². The number of halogens is 2. The van der Waals surface area contributed by atoms with Crippen LogP contribution in [0.25, 0.3) is 32.8 Å². The Balaban J connectivity index is 1.30. The zero-order valence-electron chi connectivity index (χ0n) is 26.7. The van der Waals surface area contributed by atoms with Crippen LogP contribution in [-0.2, 0) is 4.79 Å².